The van der Waals surface area contributed by atoms with Crippen LogP contribution in [0.1, 0.15) is 11.7 Å². The molecule has 1 aromatic carbocycles. The summed E-state index contributed by atoms with van der Waals surface area (Å²) in [7, 11) is 3.45. The lowest BCUT2D eigenvalue weighted by molar-refractivity contribution is -0.122. The number of amides is 1. The van der Waals surface area contributed by atoms with Gasteiger partial charge in [-0.1, -0.05) is 30.3 Å². The van der Waals surface area contributed by atoms with Gasteiger partial charge in [-0.15, -0.1) is 0 Å². The largest absolute Gasteiger partial charge is 0.382 e. The van der Waals surface area contributed by atoms with Crippen LogP contribution in [0.5, 0.6) is 0 Å². The second-order valence-electron chi connectivity index (χ2n) is 5.70. The van der Waals surface area contributed by atoms with Gasteiger partial charge >= 0.3 is 0 Å². The molecule has 0 unspecified atom stereocenters. The highest BCUT2D eigenvalue weighted by Crippen LogP contribution is 2.17. The maximum atomic E-state index is 12.5. The van der Waals surface area contributed by atoms with E-state index in [0.717, 1.165) is 17.1 Å². The van der Waals surface area contributed by atoms with Gasteiger partial charge in [0.2, 0.25) is 5.91 Å². The van der Waals surface area contributed by atoms with E-state index in [1.54, 1.807) is 30.4 Å². The first kappa shape index (κ1) is 16.9. The number of nitrogens with zero attached hydrogens (tertiary/aromatic N) is 4. The standard InChI is InChI=1S/C18H21N5O2/c1-22-16(8-9-20-22)15(13-25-2)21-17(24)12-23-11-10-19-18(23)14-6-4-3-5-7-14/h3-11,15H,12-13H2,1-2H3,(H,21,24)/t15-/m0/s1. The molecule has 0 aliphatic heterocycles. The van der Waals surface area contributed by atoms with Gasteiger partial charge in [0.25, 0.3) is 0 Å². The summed E-state index contributed by atoms with van der Waals surface area (Å²) < 4.78 is 8.80. The van der Waals surface area contributed by atoms with Crippen LogP contribution in [0.15, 0.2) is 55.0 Å². The molecule has 1 atom stereocenters. The first-order valence-corrected chi connectivity index (χ1v) is 8.02. The SMILES string of the molecule is COC[C@H](NC(=O)Cn1ccnc1-c1ccccc1)c1ccnn1C. The Morgan fingerprint density at radius 3 is 2.72 bits per heavy atom. The van der Waals surface area contributed by atoms with Gasteiger partial charge in [0.1, 0.15) is 12.4 Å². The van der Waals surface area contributed by atoms with Gasteiger partial charge in [-0.25, -0.2) is 4.98 Å². The molecular weight excluding hydrogens is 318 g/mol. The van der Waals surface area contributed by atoms with E-state index in [0.29, 0.717) is 6.61 Å². The molecule has 2 heterocycles. The third-order valence-electron chi connectivity index (χ3n) is 3.95. The van der Waals surface area contributed by atoms with E-state index in [1.165, 1.54) is 0 Å². The van der Waals surface area contributed by atoms with Crippen molar-refractivity contribution in [1.82, 2.24) is 24.6 Å². The summed E-state index contributed by atoms with van der Waals surface area (Å²) in [6.45, 7) is 0.559. The second-order valence-corrected chi connectivity index (χ2v) is 5.70. The molecule has 25 heavy (non-hydrogen) atoms. The highest BCUT2D eigenvalue weighted by atomic mass is 16.5. The van der Waals surface area contributed by atoms with Crippen molar-refractivity contribution in [2.75, 3.05) is 13.7 Å². The molecule has 0 radical (unpaired) electrons. The molecule has 0 spiro atoms. The number of ether oxygens (including phenoxy) is 1. The van der Waals surface area contributed by atoms with Crippen molar-refractivity contribution in [3.8, 4) is 11.4 Å². The monoisotopic (exact) mass is 339 g/mol. The highest BCUT2D eigenvalue weighted by Gasteiger charge is 2.18. The Hall–Kier alpha value is -2.93. The predicted octanol–water partition coefficient (Wildman–Crippen LogP) is 1.79. The van der Waals surface area contributed by atoms with E-state index in [-0.39, 0.29) is 18.5 Å². The van der Waals surface area contributed by atoms with E-state index in [9.17, 15) is 4.79 Å². The normalized spacial score (nSPS) is 12.1. The molecule has 3 aromatic rings. The minimum atomic E-state index is -0.256. The first-order chi connectivity index (χ1) is 12.2. The maximum absolute atomic E-state index is 12.5. The van der Waals surface area contributed by atoms with Crippen LogP contribution in [0.2, 0.25) is 0 Å². The van der Waals surface area contributed by atoms with Gasteiger partial charge in [0, 0.05) is 38.3 Å². The molecule has 0 saturated carbocycles. The summed E-state index contributed by atoms with van der Waals surface area (Å²) in [6.07, 6.45) is 5.20. The van der Waals surface area contributed by atoms with E-state index >= 15 is 0 Å². The number of rotatable bonds is 7. The average Bonchev–Trinajstić information content (AvgIpc) is 3.24. The molecule has 0 saturated heterocycles. The fourth-order valence-corrected chi connectivity index (χ4v) is 2.77. The predicted molar refractivity (Wildman–Crippen MR) is 93.6 cm³/mol. The minimum absolute atomic E-state index is 0.113. The summed E-state index contributed by atoms with van der Waals surface area (Å²) in [5.41, 5.74) is 1.87. The Kier molecular flexibility index (Phi) is 5.25. The van der Waals surface area contributed by atoms with Crippen LogP contribution >= 0.6 is 0 Å². The average molecular weight is 339 g/mol. The van der Waals surface area contributed by atoms with Crippen LogP contribution < -0.4 is 5.32 Å². The third-order valence-corrected chi connectivity index (χ3v) is 3.95. The van der Waals surface area contributed by atoms with Crippen molar-refractivity contribution in [2.45, 2.75) is 12.6 Å². The number of hydrogen-bond donors (Lipinski definition) is 1. The fourth-order valence-electron chi connectivity index (χ4n) is 2.77. The van der Waals surface area contributed by atoms with Crippen LogP contribution in [0.25, 0.3) is 11.4 Å². The van der Waals surface area contributed by atoms with Crippen molar-refractivity contribution < 1.29 is 9.53 Å². The Balaban J connectivity index is 1.72. The lowest BCUT2D eigenvalue weighted by Crippen LogP contribution is -2.35. The Labute approximate surface area is 146 Å². The van der Waals surface area contributed by atoms with Crippen LogP contribution in [0.4, 0.5) is 0 Å². The number of aryl methyl sites for hydroxylation is 1. The first-order valence-electron chi connectivity index (χ1n) is 8.02. The van der Waals surface area contributed by atoms with Crippen LogP contribution in [-0.4, -0.2) is 39.0 Å². The molecule has 7 nitrogen and oxygen atoms in total. The van der Waals surface area contributed by atoms with Gasteiger partial charge in [-0.05, 0) is 6.07 Å². The highest BCUT2D eigenvalue weighted by molar-refractivity contribution is 5.77. The van der Waals surface area contributed by atoms with Crippen LogP contribution in [0.3, 0.4) is 0 Å². The molecule has 7 heteroatoms. The number of benzene rings is 1. The molecule has 130 valence electrons. The van der Waals surface area contributed by atoms with Crippen molar-refractivity contribution in [3.63, 3.8) is 0 Å². The van der Waals surface area contributed by atoms with Crippen molar-refractivity contribution in [3.05, 3.63) is 60.7 Å². The lowest BCUT2D eigenvalue weighted by Gasteiger charge is -2.19. The number of carbonyl (C=O) groups is 1. The molecule has 0 fully saturated rings. The van der Waals surface area contributed by atoms with Gasteiger partial charge in [-0.3, -0.25) is 9.48 Å². The summed E-state index contributed by atoms with van der Waals surface area (Å²) in [4.78, 5) is 16.9. The Morgan fingerprint density at radius 1 is 1.24 bits per heavy atom. The smallest absolute Gasteiger partial charge is 0.240 e. The van der Waals surface area contributed by atoms with Gasteiger partial charge in [0.05, 0.1) is 18.3 Å². The van der Waals surface area contributed by atoms with Gasteiger partial charge in [-0.2, -0.15) is 5.10 Å². The van der Waals surface area contributed by atoms with Gasteiger partial charge < -0.3 is 14.6 Å². The van der Waals surface area contributed by atoms with E-state index in [4.69, 9.17) is 4.74 Å². The molecule has 0 aliphatic carbocycles. The van der Waals surface area contributed by atoms with Crippen LogP contribution in [-0.2, 0) is 23.1 Å². The van der Waals surface area contributed by atoms with Crippen molar-refractivity contribution in [2.24, 2.45) is 7.05 Å². The Bertz CT molecular complexity index is 825. The number of hydrogen-bond acceptors (Lipinski definition) is 4. The molecule has 3 rings (SSSR count). The summed E-state index contributed by atoms with van der Waals surface area (Å²) >= 11 is 0. The zero-order chi connectivity index (χ0) is 17.6. The van der Waals surface area contributed by atoms with Crippen molar-refractivity contribution in [1.29, 1.82) is 0 Å². The molecule has 1 amide bonds. The van der Waals surface area contributed by atoms with Gasteiger partial charge in [0.15, 0.2) is 0 Å². The van der Waals surface area contributed by atoms with E-state index < -0.39 is 0 Å². The summed E-state index contributed by atoms with van der Waals surface area (Å²) in [5, 5.41) is 7.16. The quantitative estimate of drug-likeness (QED) is 0.712. The zero-order valence-corrected chi connectivity index (χ0v) is 14.3. The molecule has 0 aliphatic rings. The lowest BCUT2D eigenvalue weighted by atomic mass is 10.2. The van der Waals surface area contributed by atoms with Crippen LogP contribution in [0, 0.1) is 0 Å². The molecule has 1 N–H and O–H groups in total. The molecule has 2 aromatic heterocycles. The number of imidazole rings is 1. The van der Waals surface area contributed by atoms with E-state index in [1.807, 2.05) is 48.0 Å². The Morgan fingerprint density at radius 2 is 2.04 bits per heavy atom. The zero-order valence-electron chi connectivity index (χ0n) is 14.3. The second kappa shape index (κ2) is 7.76. The summed E-state index contributed by atoms with van der Waals surface area (Å²) in [6, 6.07) is 11.4. The number of aromatic nitrogens is 4. The maximum Gasteiger partial charge on any atom is 0.240 e. The third kappa shape index (κ3) is 3.95. The molecular formula is C18H21N5O2. The number of nitrogens with one attached hydrogen (secondary N) is 1. The summed E-state index contributed by atoms with van der Waals surface area (Å²) in [5.74, 6) is 0.651. The number of methoxy groups -OCH3 is 1. The number of carbonyl (C=O) groups excluding carboxylic acids is 1. The fraction of sp³-hybridized carbons (Fsp3) is 0.278. The molecule has 0 bridgehead atoms. The topological polar surface area (TPSA) is 74.0 Å². The van der Waals surface area contributed by atoms with Crippen molar-refractivity contribution >= 4 is 5.91 Å². The minimum Gasteiger partial charge on any atom is -0.382 e. The van der Waals surface area contributed by atoms with E-state index in [2.05, 4.69) is 15.4 Å².